The molecule has 56 valence electrons. The van der Waals surface area contributed by atoms with Gasteiger partial charge in [-0.3, -0.25) is 5.73 Å². The molecule has 0 fully saturated rings. The molecule has 0 aromatic heterocycles. The molecule has 3 heteroatoms. The van der Waals surface area contributed by atoms with E-state index in [9.17, 15) is 0 Å². The predicted octanol–water partition coefficient (Wildman–Crippen LogP) is 0.925. The van der Waals surface area contributed by atoms with Crippen LogP contribution >= 0.6 is 0 Å². The number of hydrogen-bond donors (Lipinski definition) is 2. The van der Waals surface area contributed by atoms with Crippen molar-refractivity contribution in [1.29, 1.82) is 5.41 Å². The van der Waals surface area contributed by atoms with Crippen molar-refractivity contribution < 1.29 is 4.58 Å². The first-order valence-electron chi connectivity index (χ1n) is 3.21. The van der Waals surface area contributed by atoms with Gasteiger partial charge in [0.05, 0.1) is 0 Å². The lowest BCUT2D eigenvalue weighted by atomic mass is 10.3. The number of benzene rings is 1. The van der Waals surface area contributed by atoms with Gasteiger partial charge in [0.25, 0.3) is 0 Å². The second-order valence-corrected chi connectivity index (χ2v) is 2.15. The van der Waals surface area contributed by atoms with Crippen molar-refractivity contribution >= 4 is 18.4 Å². The van der Waals surface area contributed by atoms with Gasteiger partial charge in [-0.05, 0) is 12.1 Å². The van der Waals surface area contributed by atoms with Crippen molar-refractivity contribution in [3.8, 4) is 0 Å². The predicted molar refractivity (Wildman–Crippen MR) is 45.4 cm³/mol. The van der Waals surface area contributed by atoms with Crippen LogP contribution in [-0.2, 0) is 0 Å². The highest BCUT2D eigenvalue weighted by Crippen LogP contribution is 2.07. The summed E-state index contributed by atoms with van der Waals surface area (Å²) < 4.78 is 1.36. The van der Waals surface area contributed by atoms with E-state index < -0.39 is 0 Å². The Morgan fingerprint density at radius 1 is 1.36 bits per heavy atom. The maximum absolute atomic E-state index is 7.08. The van der Waals surface area contributed by atoms with Crippen molar-refractivity contribution in [2.24, 2.45) is 5.73 Å². The molecule has 0 amide bonds. The Morgan fingerprint density at radius 2 is 1.91 bits per heavy atom. The summed E-state index contributed by atoms with van der Waals surface area (Å²) in [7, 11) is 0. The smallest absolute Gasteiger partial charge is 0.287 e. The molecule has 1 aromatic carbocycles. The maximum atomic E-state index is 7.08. The van der Waals surface area contributed by atoms with Crippen LogP contribution in [-0.4, -0.2) is 17.3 Å². The van der Waals surface area contributed by atoms with Gasteiger partial charge in [-0.25, -0.2) is 4.58 Å². The summed E-state index contributed by atoms with van der Waals surface area (Å²) in [5, 5.41) is 7.08. The Balaban J connectivity index is 2.95. The van der Waals surface area contributed by atoms with Gasteiger partial charge in [-0.1, -0.05) is 18.2 Å². The molecule has 0 unspecified atom stereocenters. The summed E-state index contributed by atoms with van der Waals surface area (Å²) in [5.74, 6) is -0.0591. The molecule has 1 aromatic rings. The first kappa shape index (κ1) is 7.47. The minimum atomic E-state index is -0.0591. The molecule has 0 aliphatic heterocycles. The quantitative estimate of drug-likeness (QED) is 0.347. The summed E-state index contributed by atoms with van der Waals surface area (Å²) >= 11 is 0. The molecule has 0 heterocycles. The molecule has 0 aliphatic carbocycles. The van der Waals surface area contributed by atoms with Gasteiger partial charge >= 0.3 is 5.96 Å². The average Bonchev–Trinajstić information content (AvgIpc) is 2.05. The number of hydrogen-bond acceptors (Lipinski definition) is 1. The van der Waals surface area contributed by atoms with Crippen molar-refractivity contribution in [2.75, 3.05) is 0 Å². The molecular weight excluding hydrogens is 138 g/mol. The van der Waals surface area contributed by atoms with Gasteiger partial charge in [-0.2, -0.15) is 0 Å². The SMILES string of the molecule is C=[N+](C(=N)N)c1ccccc1. The minimum Gasteiger partial charge on any atom is -0.287 e. The second-order valence-electron chi connectivity index (χ2n) is 2.15. The van der Waals surface area contributed by atoms with E-state index in [-0.39, 0.29) is 5.96 Å². The number of para-hydroxylation sites is 1. The number of nitrogens with two attached hydrogens (primary N) is 1. The standard InChI is InChI=1S/C8H10N3/c1-11(8(9)10)7-5-3-2-4-6-7/h2-6H,1H2,(H3,9,10)/q+1. The lowest BCUT2D eigenvalue weighted by molar-refractivity contribution is -0.299. The number of nitrogens with one attached hydrogen (secondary N) is 1. The lowest BCUT2D eigenvalue weighted by Gasteiger charge is -1.98. The van der Waals surface area contributed by atoms with Crippen LogP contribution in [0.15, 0.2) is 30.3 Å². The summed E-state index contributed by atoms with van der Waals surface area (Å²) in [6, 6.07) is 9.33. The fraction of sp³-hybridized carbons (Fsp3) is 0. The van der Waals surface area contributed by atoms with Crippen LogP contribution in [0.1, 0.15) is 0 Å². The van der Waals surface area contributed by atoms with E-state index >= 15 is 0 Å². The zero-order valence-electron chi connectivity index (χ0n) is 6.12. The zero-order valence-corrected chi connectivity index (χ0v) is 6.12. The van der Waals surface area contributed by atoms with Crippen molar-refractivity contribution in [3.63, 3.8) is 0 Å². The Bertz CT molecular complexity index is 277. The molecule has 0 bridgehead atoms. The molecule has 0 aliphatic rings. The molecule has 0 spiro atoms. The highest BCUT2D eigenvalue weighted by atomic mass is 15.1. The molecule has 1 rings (SSSR count). The Hall–Kier alpha value is -1.64. The van der Waals surface area contributed by atoms with E-state index in [1.165, 1.54) is 4.58 Å². The lowest BCUT2D eigenvalue weighted by Crippen LogP contribution is -2.22. The summed E-state index contributed by atoms with van der Waals surface area (Å²) in [6.07, 6.45) is 0. The van der Waals surface area contributed by atoms with E-state index in [1.54, 1.807) is 0 Å². The van der Waals surface area contributed by atoms with Crippen LogP contribution in [0.3, 0.4) is 0 Å². The summed E-state index contributed by atoms with van der Waals surface area (Å²) in [4.78, 5) is 0. The van der Waals surface area contributed by atoms with Gasteiger partial charge in [0.2, 0.25) is 0 Å². The van der Waals surface area contributed by atoms with Crippen LogP contribution in [0.2, 0.25) is 0 Å². The van der Waals surface area contributed by atoms with E-state index in [2.05, 4.69) is 6.72 Å². The molecule has 0 saturated carbocycles. The summed E-state index contributed by atoms with van der Waals surface area (Å²) in [5.41, 5.74) is 6.03. The van der Waals surface area contributed by atoms with E-state index in [0.29, 0.717) is 0 Å². The van der Waals surface area contributed by atoms with E-state index in [0.717, 1.165) is 5.69 Å². The Labute approximate surface area is 65.3 Å². The van der Waals surface area contributed by atoms with E-state index in [4.69, 9.17) is 11.1 Å². The van der Waals surface area contributed by atoms with Crippen LogP contribution in [0.4, 0.5) is 5.69 Å². The number of guanidine groups is 1. The molecule has 0 saturated heterocycles. The van der Waals surface area contributed by atoms with Crippen molar-refractivity contribution in [1.82, 2.24) is 0 Å². The van der Waals surface area contributed by atoms with Gasteiger partial charge in [0.1, 0.15) is 5.69 Å². The number of nitrogens with zero attached hydrogens (tertiary/aromatic N) is 1. The molecule has 11 heavy (non-hydrogen) atoms. The van der Waals surface area contributed by atoms with Gasteiger partial charge in [0, 0.05) is 6.72 Å². The first-order valence-corrected chi connectivity index (χ1v) is 3.21. The van der Waals surface area contributed by atoms with Crippen molar-refractivity contribution in [3.05, 3.63) is 30.3 Å². The topological polar surface area (TPSA) is 52.9 Å². The normalized spacial score (nSPS) is 9.09. The van der Waals surface area contributed by atoms with Gasteiger partial charge < -0.3 is 0 Å². The monoisotopic (exact) mass is 148 g/mol. The molecule has 3 nitrogen and oxygen atoms in total. The highest BCUT2D eigenvalue weighted by molar-refractivity contribution is 5.70. The largest absolute Gasteiger partial charge is 0.386 e. The van der Waals surface area contributed by atoms with Gasteiger partial charge in [-0.15, -0.1) is 5.41 Å². The Morgan fingerprint density at radius 3 is 2.36 bits per heavy atom. The fourth-order valence-corrected chi connectivity index (χ4v) is 0.747. The van der Waals surface area contributed by atoms with Crippen LogP contribution < -0.4 is 5.73 Å². The third-order valence-corrected chi connectivity index (χ3v) is 1.36. The summed E-state index contributed by atoms with van der Waals surface area (Å²) in [6.45, 7) is 3.59. The fourth-order valence-electron chi connectivity index (χ4n) is 0.747. The zero-order chi connectivity index (χ0) is 8.27. The molecule has 0 atom stereocenters. The minimum absolute atomic E-state index is 0.0591. The molecule has 3 N–H and O–H groups in total. The second kappa shape index (κ2) is 2.96. The third kappa shape index (κ3) is 1.64. The van der Waals surface area contributed by atoms with Crippen LogP contribution in [0.5, 0.6) is 0 Å². The third-order valence-electron chi connectivity index (χ3n) is 1.36. The molecule has 0 radical (unpaired) electrons. The van der Waals surface area contributed by atoms with E-state index in [1.807, 2.05) is 30.3 Å². The van der Waals surface area contributed by atoms with Crippen LogP contribution in [0.25, 0.3) is 0 Å². The molecular formula is C8H10N3+. The highest BCUT2D eigenvalue weighted by Gasteiger charge is 2.02. The maximum Gasteiger partial charge on any atom is 0.386 e. The number of rotatable bonds is 1. The average molecular weight is 148 g/mol. The Kier molecular flexibility index (Phi) is 2.01. The van der Waals surface area contributed by atoms with Crippen molar-refractivity contribution in [2.45, 2.75) is 0 Å². The van der Waals surface area contributed by atoms with Crippen LogP contribution in [0, 0.1) is 5.41 Å². The van der Waals surface area contributed by atoms with Gasteiger partial charge in [0.15, 0.2) is 0 Å². The first-order chi connectivity index (χ1) is 5.22.